The van der Waals surface area contributed by atoms with Crippen molar-refractivity contribution in [1.82, 2.24) is 0 Å². The van der Waals surface area contributed by atoms with Crippen molar-refractivity contribution in [2.45, 2.75) is 25.2 Å². The smallest absolute Gasteiger partial charge is 0.205 e. The molecule has 0 bridgehead atoms. The van der Waals surface area contributed by atoms with E-state index >= 15 is 0 Å². The Labute approximate surface area is 174 Å². The Balaban J connectivity index is 1.88. The number of nitrogens with two attached hydrogens (primary N) is 1. The van der Waals surface area contributed by atoms with Crippen LogP contribution in [-0.4, -0.2) is 0 Å². The zero-order valence-corrected chi connectivity index (χ0v) is 16.6. The standard InChI is InChI=1S/C23H18Cl2N2O/c24-19-10-3-1-6-14(19)12-15-7-5-9-17-21(16-8-2-4-11-20(16)25)18(13-26)23(27)28-22(15)17/h1-4,6,8,10-12,21H,5,7,9,27H2/b15-12-/t21-/m1/s1. The molecule has 140 valence electrons. The summed E-state index contributed by atoms with van der Waals surface area (Å²) in [5.41, 5.74) is 10.5. The highest BCUT2D eigenvalue weighted by Crippen LogP contribution is 2.48. The van der Waals surface area contributed by atoms with E-state index in [4.69, 9.17) is 33.7 Å². The van der Waals surface area contributed by atoms with Gasteiger partial charge in [-0.3, -0.25) is 0 Å². The van der Waals surface area contributed by atoms with Crippen LogP contribution in [0, 0.1) is 11.3 Å². The summed E-state index contributed by atoms with van der Waals surface area (Å²) >= 11 is 12.8. The molecule has 2 aromatic rings. The average Bonchev–Trinajstić information content (AvgIpc) is 2.70. The maximum Gasteiger partial charge on any atom is 0.205 e. The van der Waals surface area contributed by atoms with E-state index in [-0.39, 0.29) is 11.8 Å². The minimum atomic E-state index is -0.294. The molecule has 0 spiro atoms. The predicted octanol–water partition coefficient (Wildman–Crippen LogP) is 6.32. The van der Waals surface area contributed by atoms with Crippen LogP contribution in [0.1, 0.15) is 36.3 Å². The van der Waals surface area contributed by atoms with Crippen LogP contribution in [0.15, 0.2) is 76.9 Å². The van der Waals surface area contributed by atoms with Gasteiger partial charge in [-0.05, 0) is 59.7 Å². The van der Waals surface area contributed by atoms with Crippen molar-refractivity contribution in [3.63, 3.8) is 0 Å². The Hall–Kier alpha value is -2.67. The van der Waals surface area contributed by atoms with Crippen LogP contribution >= 0.6 is 23.2 Å². The van der Waals surface area contributed by atoms with Gasteiger partial charge in [0.05, 0.1) is 5.92 Å². The fourth-order valence-electron chi connectivity index (χ4n) is 3.88. The summed E-state index contributed by atoms with van der Waals surface area (Å²) in [6.07, 6.45) is 4.68. The minimum absolute atomic E-state index is 0.137. The Morgan fingerprint density at radius 3 is 2.46 bits per heavy atom. The first-order valence-electron chi connectivity index (χ1n) is 9.10. The van der Waals surface area contributed by atoms with Gasteiger partial charge in [0.15, 0.2) is 0 Å². The van der Waals surface area contributed by atoms with E-state index in [2.05, 4.69) is 6.07 Å². The fraction of sp³-hybridized carbons (Fsp3) is 0.174. The van der Waals surface area contributed by atoms with Crippen molar-refractivity contribution in [2.24, 2.45) is 5.73 Å². The minimum Gasteiger partial charge on any atom is -0.440 e. The second-order valence-electron chi connectivity index (χ2n) is 6.85. The van der Waals surface area contributed by atoms with Gasteiger partial charge in [-0.15, -0.1) is 0 Å². The van der Waals surface area contributed by atoms with Gasteiger partial charge in [0.2, 0.25) is 5.88 Å². The molecular formula is C23H18Cl2N2O. The molecule has 3 nitrogen and oxygen atoms in total. The van der Waals surface area contributed by atoms with Crippen molar-refractivity contribution < 1.29 is 4.74 Å². The molecule has 28 heavy (non-hydrogen) atoms. The molecular weight excluding hydrogens is 391 g/mol. The third-order valence-corrected chi connectivity index (χ3v) is 5.85. The number of halogens is 2. The van der Waals surface area contributed by atoms with Crippen LogP contribution in [0.4, 0.5) is 0 Å². The number of nitrogens with zero attached hydrogens (tertiary/aromatic N) is 1. The Morgan fingerprint density at radius 1 is 1.04 bits per heavy atom. The molecule has 5 heteroatoms. The van der Waals surface area contributed by atoms with Gasteiger partial charge < -0.3 is 10.5 Å². The maximum absolute atomic E-state index is 9.75. The van der Waals surface area contributed by atoms with Crippen LogP contribution in [-0.2, 0) is 4.74 Å². The lowest BCUT2D eigenvalue weighted by atomic mass is 9.77. The molecule has 1 aliphatic heterocycles. The number of hydrogen-bond acceptors (Lipinski definition) is 3. The van der Waals surface area contributed by atoms with Crippen LogP contribution in [0.2, 0.25) is 10.0 Å². The lowest BCUT2D eigenvalue weighted by Gasteiger charge is -2.33. The maximum atomic E-state index is 9.75. The van der Waals surface area contributed by atoms with Crippen molar-refractivity contribution in [3.05, 3.63) is 98.1 Å². The van der Waals surface area contributed by atoms with Gasteiger partial charge in [0, 0.05) is 10.0 Å². The Morgan fingerprint density at radius 2 is 1.75 bits per heavy atom. The molecule has 2 aliphatic rings. The van der Waals surface area contributed by atoms with Crippen molar-refractivity contribution >= 4 is 29.3 Å². The van der Waals surface area contributed by atoms with Gasteiger partial charge >= 0.3 is 0 Å². The van der Waals surface area contributed by atoms with Gasteiger partial charge in [-0.2, -0.15) is 5.26 Å². The molecule has 0 saturated heterocycles. The fourth-order valence-corrected chi connectivity index (χ4v) is 4.32. The summed E-state index contributed by atoms with van der Waals surface area (Å²) in [5.74, 6) is 0.586. The quantitative estimate of drug-likeness (QED) is 0.631. The summed E-state index contributed by atoms with van der Waals surface area (Å²) in [6.45, 7) is 0. The van der Waals surface area contributed by atoms with E-state index in [1.807, 2.05) is 54.6 Å². The van der Waals surface area contributed by atoms with Crippen molar-refractivity contribution in [2.75, 3.05) is 0 Å². The second-order valence-corrected chi connectivity index (χ2v) is 7.66. The van der Waals surface area contributed by atoms with E-state index < -0.39 is 0 Å². The first-order valence-corrected chi connectivity index (χ1v) is 9.86. The van der Waals surface area contributed by atoms with E-state index in [0.29, 0.717) is 15.6 Å². The number of hydrogen-bond donors (Lipinski definition) is 1. The number of nitriles is 1. The van der Waals surface area contributed by atoms with E-state index in [0.717, 1.165) is 47.3 Å². The summed E-state index contributed by atoms with van der Waals surface area (Å²) in [7, 11) is 0. The largest absolute Gasteiger partial charge is 0.440 e. The highest BCUT2D eigenvalue weighted by Gasteiger charge is 2.36. The number of rotatable bonds is 2. The lowest BCUT2D eigenvalue weighted by molar-refractivity contribution is 0.277. The molecule has 1 atom stereocenters. The number of benzene rings is 2. The van der Waals surface area contributed by atoms with Crippen LogP contribution in [0.25, 0.3) is 6.08 Å². The summed E-state index contributed by atoms with van der Waals surface area (Å²) in [6, 6.07) is 17.5. The molecule has 1 aliphatic carbocycles. The van der Waals surface area contributed by atoms with Crippen LogP contribution in [0.3, 0.4) is 0 Å². The van der Waals surface area contributed by atoms with Gasteiger partial charge in [0.1, 0.15) is 17.4 Å². The summed E-state index contributed by atoms with van der Waals surface area (Å²) in [5, 5.41) is 11.0. The topological polar surface area (TPSA) is 59.0 Å². The molecule has 1 heterocycles. The van der Waals surface area contributed by atoms with E-state index in [1.165, 1.54) is 0 Å². The first kappa shape index (κ1) is 18.7. The van der Waals surface area contributed by atoms with Gasteiger partial charge in [-0.1, -0.05) is 59.6 Å². The lowest BCUT2D eigenvalue weighted by Crippen LogP contribution is -2.24. The molecule has 0 amide bonds. The SMILES string of the molecule is N#CC1=C(N)OC2=C(CCC/C2=C/c2ccccc2Cl)[C@H]1c1ccccc1Cl. The summed E-state index contributed by atoms with van der Waals surface area (Å²) in [4.78, 5) is 0. The first-order chi connectivity index (χ1) is 13.6. The van der Waals surface area contributed by atoms with Crippen LogP contribution < -0.4 is 5.73 Å². The monoisotopic (exact) mass is 408 g/mol. The average molecular weight is 409 g/mol. The molecule has 0 fully saturated rings. The number of ether oxygens (including phenoxy) is 1. The molecule has 0 aromatic heterocycles. The summed E-state index contributed by atoms with van der Waals surface area (Å²) < 4.78 is 5.97. The molecule has 2 N–H and O–H groups in total. The Kier molecular flexibility index (Phi) is 5.17. The number of allylic oxidation sites excluding steroid dienone is 3. The van der Waals surface area contributed by atoms with Gasteiger partial charge in [-0.25, -0.2) is 0 Å². The molecule has 2 aromatic carbocycles. The molecule has 0 unspecified atom stereocenters. The molecule has 4 rings (SSSR count). The van der Waals surface area contributed by atoms with E-state index in [1.54, 1.807) is 0 Å². The molecule has 0 radical (unpaired) electrons. The van der Waals surface area contributed by atoms with Gasteiger partial charge in [0.25, 0.3) is 0 Å². The second kappa shape index (κ2) is 7.75. The highest BCUT2D eigenvalue weighted by atomic mass is 35.5. The molecule has 0 saturated carbocycles. The van der Waals surface area contributed by atoms with E-state index in [9.17, 15) is 5.26 Å². The predicted molar refractivity (Wildman–Crippen MR) is 112 cm³/mol. The zero-order valence-electron chi connectivity index (χ0n) is 15.1. The van der Waals surface area contributed by atoms with Crippen LogP contribution in [0.5, 0.6) is 0 Å². The third-order valence-electron chi connectivity index (χ3n) is 5.16. The zero-order chi connectivity index (χ0) is 19.7. The third kappa shape index (κ3) is 3.30. The Bertz CT molecular complexity index is 1080. The van der Waals surface area contributed by atoms with Crippen molar-refractivity contribution in [3.8, 4) is 6.07 Å². The van der Waals surface area contributed by atoms with Crippen molar-refractivity contribution in [1.29, 1.82) is 5.26 Å². The highest BCUT2D eigenvalue weighted by molar-refractivity contribution is 6.32. The normalized spacial score (nSPS) is 20.6.